The Morgan fingerprint density at radius 2 is 1.68 bits per heavy atom. The molecule has 0 spiro atoms. The molecule has 0 saturated carbocycles. The molecule has 0 amide bonds. The first-order valence-electron chi connectivity index (χ1n) is 8.35. The minimum atomic E-state index is -0.720. The van der Waals surface area contributed by atoms with Crippen molar-refractivity contribution in [2.45, 2.75) is 64.7 Å². The molecular formula is C20H30O2. The van der Waals surface area contributed by atoms with Gasteiger partial charge >= 0.3 is 5.97 Å². The lowest BCUT2D eigenvalue weighted by Gasteiger charge is -1.91. The highest BCUT2D eigenvalue weighted by Crippen LogP contribution is 2.01. The summed E-state index contributed by atoms with van der Waals surface area (Å²) in [7, 11) is 0. The van der Waals surface area contributed by atoms with Gasteiger partial charge in [-0.2, -0.15) is 0 Å². The molecule has 0 radical (unpaired) electrons. The number of carboxylic acids is 1. The number of carbonyl (C=O) groups is 1. The van der Waals surface area contributed by atoms with Gasteiger partial charge in [-0.05, 0) is 63.5 Å². The fourth-order valence-corrected chi connectivity index (χ4v) is 1.81. The normalized spacial score (nSPS) is 11.3. The molecule has 1 N–H and O–H groups in total. The molecule has 0 aliphatic heterocycles. The minimum absolute atomic E-state index is 0.253. The molecule has 0 atom stereocenters. The van der Waals surface area contributed by atoms with Crippen LogP contribution in [0.15, 0.2) is 54.3 Å². The van der Waals surface area contributed by atoms with E-state index < -0.39 is 5.97 Å². The molecule has 0 aromatic carbocycles. The van der Waals surface area contributed by atoms with Gasteiger partial charge in [0.25, 0.3) is 0 Å². The SMILES string of the molecule is CC/C=C/CCCCC=C=C/C=C/C/C=C/CCCC(=O)O. The average Bonchev–Trinajstić information content (AvgIpc) is 2.50. The van der Waals surface area contributed by atoms with Gasteiger partial charge in [-0.25, -0.2) is 0 Å². The van der Waals surface area contributed by atoms with Gasteiger partial charge in [0.05, 0.1) is 0 Å². The molecule has 0 aliphatic rings. The second kappa shape index (κ2) is 17.3. The van der Waals surface area contributed by atoms with E-state index in [-0.39, 0.29) is 6.42 Å². The molecule has 2 nitrogen and oxygen atoms in total. The first-order chi connectivity index (χ1) is 10.8. The van der Waals surface area contributed by atoms with Crippen molar-refractivity contribution in [1.82, 2.24) is 0 Å². The Balaban J connectivity index is 3.50. The molecule has 0 aromatic heterocycles. The van der Waals surface area contributed by atoms with E-state index >= 15 is 0 Å². The summed E-state index contributed by atoms with van der Waals surface area (Å²) in [6, 6.07) is 0. The molecule has 0 rings (SSSR count). The van der Waals surface area contributed by atoms with Crippen LogP contribution in [0.2, 0.25) is 0 Å². The summed E-state index contributed by atoms with van der Waals surface area (Å²) in [6.07, 6.45) is 25.3. The van der Waals surface area contributed by atoms with E-state index in [0.29, 0.717) is 6.42 Å². The average molecular weight is 302 g/mol. The summed E-state index contributed by atoms with van der Waals surface area (Å²) in [4.78, 5) is 10.3. The van der Waals surface area contributed by atoms with E-state index in [0.717, 1.165) is 25.7 Å². The van der Waals surface area contributed by atoms with E-state index in [9.17, 15) is 4.79 Å². The molecular weight excluding hydrogens is 272 g/mol. The maximum absolute atomic E-state index is 10.3. The van der Waals surface area contributed by atoms with Crippen LogP contribution in [0, 0.1) is 0 Å². The van der Waals surface area contributed by atoms with E-state index in [1.54, 1.807) is 0 Å². The highest BCUT2D eigenvalue weighted by Gasteiger charge is 1.92. The molecule has 0 aromatic rings. The summed E-state index contributed by atoms with van der Waals surface area (Å²) in [6.45, 7) is 2.16. The fraction of sp³-hybridized carbons (Fsp3) is 0.500. The van der Waals surface area contributed by atoms with Crippen molar-refractivity contribution in [3.05, 3.63) is 54.3 Å². The van der Waals surface area contributed by atoms with Crippen molar-refractivity contribution in [2.75, 3.05) is 0 Å². The number of carboxylic acid groups (broad SMARTS) is 1. The van der Waals surface area contributed by atoms with Crippen molar-refractivity contribution < 1.29 is 9.90 Å². The predicted molar refractivity (Wildman–Crippen MR) is 94.9 cm³/mol. The summed E-state index contributed by atoms with van der Waals surface area (Å²) in [5, 5.41) is 8.49. The lowest BCUT2D eigenvalue weighted by molar-refractivity contribution is -0.137. The van der Waals surface area contributed by atoms with Gasteiger partial charge in [-0.1, -0.05) is 43.4 Å². The Morgan fingerprint density at radius 3 is 2.45 bits per heavy atom. The molecule has 0 aliphatic carbocycles. The monoisotopic (exact) mass is 302 g/mol. The van der Waals surface area contributed by atoms with Gasteiger partial charge in [0.1, 0.15) is 0 Å². The predicted octanol–water partition coefficient (Wildman–Crippen LogP) is 5.98. The second-order valence-corrected chi connectivity index (χ2v) is 5.12. The summed E-state index contributed by atoms with van der Waals surface area (Å²) in [5.41, 5.74) is 3.17. The van der Waals surface area contributed by atoms with Gasteiger partial charge in [-0.15, -0.1) is 5.73 Å². The molecule has 0 heterocycles. The molecule has 0 saturated heterocycles. The zero-order chi connectivity index (χ0) is 16.3. The summed E-state index contributed by atoms with van der Waals surface area (Å²) < 4.78 is 0. The lowest BCUT2D eigenvalue weighted by atomic mass is 10.2. The molecule has 0 bridgehead atoms. The van der Waals surface area contributed by atoms with E-state index in [2.05, 4.69) is 43.0 Å². The third-order valence-electron chi connectivity index (χ3n) is 3.02. The zero-order valence-electron chi connectivity index (χ0n) is 13.8. The molecule has 22 heavy (non-hydrogen) atoms. The first kappa shape index (κ1) is 20.2. The Labute approximate surface area is 135 Å². The number of unbranched alkanes of at least 4 members (excludes halogenated alkanes) is 4. The van der Waals surface area contributed by atoms with Crippen LogP contribution in [0.3, 0.4) is 0 Å². The Morgan fingerprint density at radius 1 is 0.955 bits per heavy atom. The lowest BCUT2D eigenvalue weighted by Crippen LogP contribution is -1.92. The van der Waals surface area contributed by atoms with E-state index in [1.165, 1.54) is 19.3 Å². The van der Waals surface area contributed by atoms with Crippen LogP contribution in [0.25, 0.3) is 0 Å². The number of aliphatic carboxylic acids is 1. The highest BCUT2D eigenvalue weighted by atomic mass is 16.4. The quantitative estimate of drug-likeness (QED) is 0.196. The third kappa shape index (κ3) is 18.2. The smallest absolute Gasteiger partial charge is 0.303 e. The van der Waals surface area contributed by atoms with Crippen molar-refractivity contribution >= 4 is 5.97 Å². The van der Waals surface area contributed by atoms with Gasteiger partial charge < -0.3 is 5.11 Å². The molecule has 0 unspecified atom stereocenters. The van der Waals surface area contributed by atoms with Crippen molar-refractivity contribution in [3.8, 4) is 0 Å². The van der Waals surface area contributed by atoms with Gasteiger partial charge in [0.15, 0.2) is 0 Å². The fourth-order valence-electron chi connectivity index (χ4n) is 1.81. The van der Waals surface area contributed by atoms with E-state index in [1.807, 2.05) is 18.2 Å². The van der Waals surface area contributed by atoms with Crippen LogP contribution in [-0.4, -0.2) is 11.1 Å². The van der Waals surface area contributed by atoms with Gasteiger partial charge in [-0.3, -0.25) is 4.79 Å². The maximum atomic E-state index is 10.3. The van der Waals surface area contributed by atoms with Crippen LogP contribution in [0.5, 0.6) is 0 Å². The number of rotatable bonds is 13. The Bertz CT molecular complexity index is 407. The third-order valence-corrected chi connectivity index (χ3v) is 3.02. The topological polar surface area (TPSA) is 37.3 Å². The largest absolute Gasteiger partial charge is 0.481 e. The van der Waals surface area contributed by atoms with Crippen LogP contribution in [0.4, 0.5) is 0 Å². The minimum Gasteiger partial charge on any atom is -0.481 e. The van der Waals surface area contributed by atoms with Gasteiger partial charge in [0, 0.05) is 6.42 Å². The van der Waals surface area contributed by atoms with Gasteiger partial charge in [0.2, 0.25) is 0 Å². The molecule has 122 valence electrons. The molecule has 0 fully saturated rings. The van der Waals surface area contributed by atoms with Crippen molar-refractivity contribution in [2.24, 2.45) is 0 Å². The van der Waals surface area contributed by atoms with Crippen molar-refractivity contribution in [1.29, 1.82) is 0 Å². The summed E-state index contributed by atoms with van der Waals surface area (Å²) >= 11 is 0. The van der Waals surface area contributed by atoms with Crippen LogP contribution < -0.4 is 0 Å². The number of hydrogen-bond donors (Lipinski definition) is 1. The first-order valence-corrected chi connectivity index (χ1v) is 8.35. The van der Waals surface area contributed by atoms with Crippen molar-refractivity contribution in [3.63, 3.8) is 0 Å². The maximum Gasteiger partial charge on any atom is 0.303 e. The van der Waals surface area contributed by atoms with E-state index in [4.69, 9.17) is 5.11 Å². The number of allylic oxidation sites excluding steroid dienone is 7. The summed E-state index contributed by atoms with van der Waals surface area (Å²) in [5.74, 6) is -0.720. The van der Waals surface area contributed by atoms with Crippen LogP contribution >= 0.6 is 0 Å². The Hall–Kier alpha value is -1.79. The zero-order valence-corrected chi connectivity index (χ0v) is 13.8. The number of hydrogen-bond acceptors (Lipinski definition) is 1. The molecule has 2 heteroatoms. The Kier molecular flexibility index (Phi) is 15.9. The standard InChI is InChI=1S/C20H30O2/c1-2-3-4-5-6-7-8-9-10-11-12-13-14-15-16-17-18-19-20(21)22/h3-4,9,11-13,15-16H,2,5-8,14,17-19H2,1H3,(H,21,22)/b4-3+,13-12+,16-15+. The van der Waals surface area contributed by atoms with Crippen LogP contribution in [-0.2, 0) is 4.79 Å². The van der Waals surface area contributed by atoms with Crippen LogP contribution in [0.1, 0.15) is 64.7 Å². The second-order valence-electron chi connectivity index (χ2n) is 5.12. The highest BCUT2D eigenvalue weighted by molar-refractivity contribution is 5.66.